The Hall–Kier alpha value is -1.42. The van der Waals surface area contributed by atoms with E-state index in [0.29, 0.717) is 0 Å². The van der Waals surface area contributed by atoms with Gasteiger partial charge in [0.1, 0.15) is 0 Å². The Morgan fingerprint density at radius 2 is 1.68 bits per heavy atom. The quantitative estimate of drug-likeness (QED) is 0.859. The predicted octanol–water partition coefficient (Wildman–Crippen LogP) is 2.58. The summed E-state index contributed by atoms with van der Waals surface area (Å²) in [6, 6.07) is 4.01. The van der Waals surface area contributed by atoms with Crippen LogP contribution in [0, 0.1) is 6.92 Å². The maximum Gasteiger partial charge on any atom is 0.162 e. The molecule has 0 unspecified atom stereocenters. The van der Waals surface area contributed by atoms with Gasteiger partial charge >= 0.3 is 0 Å². The van der Waals surface area contributed by atoms with E-state index in [-0.39, 0.29) is 5.54 Å². The highest BCUT2D eigenvalue weighted by Crippen LogP contribution is 2.34. The number of hydrogen-bond acceptors (Lipinski definition) is 4. The fraction of sp³-hybridized carbons (Fsp3) is 0.600. The van der Waals surface area contributed by atoms with Gasteiger partial charge in [0, 0.05) is 30.9 Å². The van der Waals surface area contributed by atoms with E-state index in [9.17, 15) is 0 Å². The lowest BCUT2D eigenvalue weighted by Crippen LogP contribution is -2.36. The van der Waals surface area contributed by atoms with Gasteiger partial charge in [-0.3, -0.25) is 0 Å². The minimum absolute atomic E-state index is 0.154. The molecule has 0 aromatic heterocycles. The largest absolute Gasteiger partial charge is 0.493 e. The summed E-state index contributed by atoms with van der Waals surface area (Å²) in [6.45, 7) is 7.06. The lowest BCUT2D eigenvalue weighted by molar-refractivity contribution is 0.354. The lowest BCUT2D eigenvalue weighted by atomic mass is 10.0. The predicted molar refractivity (Wildman–Crippen MR) is 80.4 cm³/mol. The second-order valence-electron chi connectivity index (χ2n) is 5.65. The summed E-state index contributed by atoms with van der Waals surface area (Å²) >= 11 is 0. The van der Waals surface area contributed by atoms with E-state index in [1.54, 1.807) is 14.2 Å². The average Bonchev–Trinajstić information content (AvgIpc) is 2.34. The van der Waals surface area contributed by atoms with Gasteiger partial charge < -0.3 is 20.1 Å². The highest BCUT2D eigenvalue weighted by atomic mass is 16.5. The lowest BCUT2D eigenvalue weighted by Gasteiger charge is -2.27. The Morgan fingerprint density at radius 1 is 1.16 bits per heavy atom. The van der Waals surface area contributed by atoms with Gasteiger partial charge in [0.25, 0.3) is 0 Å². The second kappa shape index (κ2) is 6.15. The first-order chi connectivity index (χ1) is 8.78. The molecule has 108 valence electrons. The van der Waals surface area contributed by atoms with Gasteiger partial charge in [-0.2, -0.15) is 0 Å². The van der Waals surface area contributed by atoms with Crippen LogP contribution in [0.1, 0.15) is 25.8 Å². The van der Waals surface area contributed by atoms with E-state index < -0.39 is 0 Å². The molecule has 0 fully saturated rings. The van der Waals surface area contributed by atoms with Crippen LogP contribution in [0.15, 0.2) is 12.1 Å². The summed E-state index contributed by atoms with van der Waals surface area (Å²) < 4.78 is 10.7. The topological polar surface area (TPSA) is 47.7 Å². The van der Waals surface area contributed by atoms with Crippen molar-refractivity contribution in [1.82, 2.24) is 0 Å². The summed E-state index contributed by atoms with van der Waals surface area (Å²) in [5, 5.41) is 0. The number of nitrogens with zero attached hydrogens (tertiary/aromatic N) is 1. The Balaban J connectivity index is 2.93. The summed E-state index contributed by atoms with van der Waals surface area (Å²) in [5.74, 6) is 1.51. The van der Waals surface area contributed by atoms with E-state index in [1.807, 2.05) is 26.0 Å². The van der Waals surface area contributed by atoms with Crippen LogP contribution in [-0.4, -0.2) is 33.4 Å². The van der Waals surface area contributed by atoms with Gasteiger partial charge in [-0.25, -0.2) is 0 Å². The van der Waals surface area contributed by atoms with E-state index in [0.717, 1.165) is 35.7 Å². The van der Waals surface area contributed by atoms with Crippen molar-refractivity contribution >= 4 is 5.69 Å². The van der Waals surface area contributed by atoms with Gasteiger partial charge in [-0.1, -0.05) is 0 Å². The molecule has 0 radical (unpaired) electrons. The number of aryl methyl sites for hydroxylation is 1. The monoisotopic (exact) mass is 266 g/mol. The standard InChI is InChI=1S/C15H26N2O2/c1-11-9-13(18-5)14(19-6)10-12(11)17(4)8-7-15(2,3)16/h9-10H,7-8,16H2,1-6H3. The van der Waals surface area contributed by atoms with Crippen molar-refractivity contribution in [3.05, 3.63) is 17.7 Å². The molecule has 4 heteroatoms. The van der Waals surface area contributed by atoms with Crippen LogP contribution in [0.25, 0.3) is 0 Å². The minimum Gasteiger partial charge on any atom is -0.493 e. The SMILES string of the molecule is COc1cc(C)c(N(C)CCC(C)(C)N)cc1OC. The summed E-state index contributed by atoms with van der Waals surface area (Å²) in [4.78, 5) is 2.20. The molecule has 0 bridgehead atoms. The molecule has 1 aromatic rings. The Kier molecular flexibility index (Phi) is 5.06. The fourth-order valence-corrected chi connectivity index (χ4v) is 1.96. The third-order valence-corrected chi connectivity index (χ3v) is 3.20. The molecule has 0 aliphatic heterocycles. The Labute approximate surface area is 116 Å². The Morgan fingerprint density at radius 3 is 2.16 bits per heavy atom. The summed E-state index contributed by atoms with van der Waals surface area (Å²) in [5.41, 5.74) is 8.18. The van der Waals surface area contributed by atoms with Crippen LogP contribution in [0.4, 0.5) is 5.69 Å². The van der Waals surface area contributed by atoms with E-state index in [2.05, 4.69) is 18.9 Å². The summed E-state index contributed by atoms with van der Waals surface area (Å²) in [7, 11) is 5.37. The zero-order chi connectivity index (χ0) is 14.6. The van der Waals surface area contributed by atoms with E-state index in [4.69, 9.17) is 15.2 Å². The summed E-state index contributed by atoms with van der Waals surface area (Å²) in [6.07, 6.45) is 0.928. The van der Waals surface area contributed by atoms with Crippen molar-refractivity contribution < 1.29 is 9.47 Å². The molecule has 0 saturated heterocycles. The number of methoxy groups -OCH3 is 2. The van der Waals surface area contributed by atoms with Crippen molar-refractivity contribution in [2.75, 3.05) is 32.7 Å². The van der Waals surface area contributed by atoms with E-state index >= 15 is 0 Å². The maximum absolute atomic E-state index is 6.03. The van der Waals surface area contributed by atoms with Crippen LogP contribution in [0.2, 0.25) is 0 Å². The number of hydrogen-bond donors (Lipinski definition) is 1. The Bertz CT molecular complexity index is 425. The number of nitrogens with two attached hydrogens (primary N) is 1. The molecule has 0 aliphatic rings. The van der Waals surface area contributed by atoms with Crippen molar-refractivity contribution in [1.29, 1.82) is 0 Å². The first-order valence-electron chi connectivity index (χ1n) is 6.51. The third-order valence-electron chi connectivity index (χ3n) is 3.20. The van der Waals surface area contributed by atoms with Crippen molar-refractivity contribution in [2.45, 2.75) is 32.7 Å². The number of benzene rings is 1. The van der Waals surface area contributed by atoms with Crippen LogP contribution >= 0.6 is 0 Å². The van der Waals surface area contributed by atoms with Crippen molar-refractivity contribution in [2.24, 2.45) is 5.73 Å². The van der Waals surface area contributed by atoms with Gasteiger partial charge in [0.15, 0.2) is 11.5 Å². The molecule has 0 aliphatic carbocycles. The number of rotatable bonds is 6. The van der Waals surface area contributed by atoms with Crippen molar-refractivity contribution in [3.8, 4) is 11.5 Å². The molecule has 0 atom stereocenters. The first kappa shape index (κ1) is 15.6. The molecule has 19 heavy (non-hydrogen) atoms. The van der Waals surface area contributed by atoms with Gasteiger partial charge in [-0.05, 0) is 38.8 Å². The average molecular weight is 266 g/mol. The molecule has 1 aromatic carbocycles. The fourth-order valence-electron chi connectivity index (χ4n) is 1.96. The van der Waals surface area contributed by atoms with Crippen LogP contribution in [-0.2, 0) is 0 Å². The second-order valence-corrected chi connectivity index (χ2v) is 5.65. The smallest absolute Gasteiger partial charge is 0.162 e. The highest BCUT2D eigenvalue weighted by Gasteiger charge is 2.15. The third kappa shape index (κ3) is 4.31. The van der Waals surface area contributed by atoms with E-state index in [1.165, 1.54) is 0 Å². The number of anilines is 1. The minimum atomic E-state index is -0.154. The molecule has 1 rings (SSSR count). The number of ether oxygens (including phenoxy) is 2. The van der Waals surface area contributed by atoms with Gasteiger partial charge in [0.2, 0.25) is 0 Å². The highest BCUT2D eigenvalue weighted by molar-refractivity contribution is 5.61. The normalized spacial score (nSPS) is 11.3. The van der Waals surface area contributed by atoms with Crippen molar-refractivity contribution in [3.63, 3.8) is 0 Å². The molecular formula is C15H26N2O2. The molecule has 0 spiro atoms. The molecule has 4 nitrogen and oxygen atoms in total. The van der Waals surface area contributed by atoms with Crippen LogP contribution < -0.4 is 20.1 Å². The maximum atomic E-state index is 6.03. The molecule has 0 heterocycles. The van der Waals surface area contributed by atoms with Crippen LogP contribution in [0.3, 0.4) is 0 Å². The molecule has 0 amide bonds. The van der Waals surface area contributed by atoms with Gasteiger partial charge in [-0.15, -0.1) is 0 Å². The molecular weight excluding hydrogens is 240 g/mol. The van der Waals surface area contributed by atoms with Crippen LogP contribution in [0.5, 0.6) is 11.5 Å². The zero-order valence-electron chi connectivity index (χ0n) is 12.9. The molecule has 0 saturated carbocycles. The molecule has 2 N–H and O–H groups in total. The van der Waals surface area contributed by atoms with Gasteiger partial charge in [0.05, 0.1) is 14.2 Å². The zero-order valence-corrected chi connectivity index (χ0v) is 12.9. The first-order valence-corrected chi connectivity index (χ1v) is 6.51.